The smallest absolute Gasteiger partial charge is 0.394 e. The van der Waals surface area contributed by atoms with Crippen LogP contribution in [-0.4, -0.2) is 4.89 Å². The normalized spacial score (nSPS) is 20.4. The Kier molecular flexibility index (Phi) is 6.19. The van der Waals surface area contributed by atoms with Gasteiger partial charge in [-0.05, 0) is 117 Å². The molecule has 0 bridgehead atoms. The fourth-order valence-corrected chi connectivity index (χ4v) is 11.2. The number of phosphoric acid groups is 1. The highest BCUT2D eigenvalue weighted by atomic mass is 31.2. The Balaban J connectivity index is 1.18. The van der Waals surface area contributed by atoms with Crippen molar-refractivity contribution in [3.63, 3.8) is 0 Å². The molecule has 4 nitrogen and oxygen atoms in total. The van der Waals surface area contributed by atoms with Gasteiger partial charge in [0, 0.05) is 28.2 Å². The quantitative estimate of drug-likeness (QED) is 0.141. The van der Waals surface area contributed by atoms with E-state index in [1.807, 2.05) is 24.3 Å². The van der Waals surface area contributed by atoms with E-state index < -0.39 is 7.82 Å². The van der Waals surface area contributed by atoms with Crippen molar-refractivity contribution >= 4 is 67.3 Å². The van der Waals surface area contributed by atoms with Gasteiger partial charge in [-0.2, -0.15) is 0 Å². The summed E-state index contributed by atoms with van der Waals surface area (Å²) in [5, 5.41) is 10.7. The molecule has 1 heterocycles. The van der Waals surface area contributed by atoms with Crippen LogP contribution in [-0.2, 0) is 4.57 Å². The zero-order valence-corrected chi connectivity index (χ0v) is 31.4. The van der Waals surface area contributed by atoms with E-state index in [-0.39, 0.29) is 5.92 Å². The maximum atomic E-state index is 14.7. The third-order valence-electron chi connectivity index (χ3n) is 12.6. The summed E-state index contributed by atoms with van der Waals surface area (Å²) >= 11 is 0. The molecular weight excluding hydrogens is 720 g/mol. The first-order chi connectivity index (χ1) is 28.0. The minimum atomic E-state index is -4.78. The standard InChI is InChI=1S/C52H31O4P/c53-57(54)55-51-43(41-27-35-15-5-11-29-21-23-31-13-7-19-39(41)47(31)45(29)35)25-33-9-1-3-17-37(33)49(51)50-38-18-4-2-10-34(38)26-44(52(50)56-57)42-28-36-16-6-12-30-22-24-32-14-8-20-40(42)48(32)46(30)36/h1-15,17-28,48H,16H2,(H,53,54). The summed E-state index contributed by atoms with van der Waals surface area (Å²) in [5.41, 5.74) is 11.1. The SMILES string of the molecule is O=P1(O)Oc2c(C3=C4C=CC=C5C=CC6=C(C(=C3)CC=C6)C54)cc3ccccc3c2-c2c(c(-c3cc4cccc5ccc6cccc3c6c54)cc3ccccc23)O1. The van der Waals surface area contributed by atoms with E-state index in [0.29, 0.717) is 11.5 Å². The van der Waals surface area contributed by atoms with Gasteiger partial charge in [-0.3, -0.25) is 4.89 Å². The first-order valence-electron chi connectivity index (χ1n) is 19.4. The van der Waals surface area contributed by atoms with Gasteiger partial charge in [0.2, 0.25) is 0 Å². The average molecular weight is 751 g/mol. The summed E-state index contributed by atoms with van der Waals surface area (Å²) in [6.45, 7) is 0. The van der Waals surface area contributed by atoms with Crippen LogP contribution in [0.15, 0.2) is 192 Å². The van der Waals surface area contributed by atoms with Crippen molar-refractivity contribution in [2.45, 2.75) is 6.42 Å². The lowest BCUT2D eigenvalue weighted by Gasteiger charge is -2.37. The molecule has 0 saturated heterocycles. The molecule has 1 aliphatic heterocycles. The Morgan fingerprint density at radius 2 is 1.23 bits per heavy atom. The van der Waals surface area contributed by atoms with E-state index >= 15 is 0 Å². The highest BCUT2D eigenvalue weighted by Gasteiger charge is 2.40. The van der Waals surface area contributed by atoms with Crippen molar-refractivity contribution < 1.29 is 18.5 Å². The number of fused-ring (bicyclic) bond motifs is 7. The summed E-state index contributed by atoms with van der Waals surface area (Å²) in [6, 6.07) is 40.1. The predicted octanol–water partition coefficient (Wildman–Crippen LogP) is 13.7. The van der Waals surface area contributed by atoms with Crippen molar-refractivity contribution in [1.82, 2.24) is 0 Å². The van der Waals surface area contributed by atoms with Crippen molar-refractivity contribution in [2.24, 2.45) is 5.92 Å². The Morgan fingerprint density at radius 1 is 0.596 bits per heavy atom. The lowest BCUT2D eigenvalue weighted by Crippen LogP contribution is -2.22. The van der Waals surface area contributed by atoms with Gasteiger partial charge in [0.1, 0.15) is 11.5 Å². The largest absolute Gasteiger partial charge is 0.584 e. The van der Waals surface area contributed by atoms with Crippen molar-refractivity contribution in [3.8, 4) is 33.8 Å². The van der Waals surface area contributed by atoms with Crippen molar-refractivity contribution in [1.29, 1.82) is 0 Å². The topological polar surface area (TPSA) is 55.8 Å². The molecule has 0 spiro atoms. The van der Waals surface area contributed by atoms with Gasteiger partial charge in [0.15, 0.2) is 0 Å². The molecule has 2 unspecified atom stereocenters. The van der Waals surface area contributed by atoms with E-state index in [1.54, 1.807) is 0 Å². The maximum Gasteiger partial charge on any atom is 0.584 e. The molecule has 5 aliphatic rings. The van der Waals surface area contributed by atoms with Crippen LogP contribution < -0.4 is 9.05 Å². The van der Waals surface area contributed by atoms with Gasteiger partial charge in [-0.15, -0.1) is 0 Å². The molecule has 0 radical (unpaired) electrons. The van der Waals surface area contributed by atoms with Crippen LogP contribution in [0.5, 0.6) is 11.5 Å². The maximum absolute atomic E-state index is 14.7. The van der Waals surface area contributed by atoms with Crippen LogP contribution in [0.25, 0.3) is 81.7 Å². The molecule has 13 rings (SSSR count). The summed E-state index contributed by atoms with van der Waals surface area (Å²) in [4.78, 5) is 12.0. The van der Waals surface area contributed by atoms with Gasteiger partial charge in [0.25, 0.3) is 0 Å². The lowest BCUT2D eigenvalue weighted by molar-refractivity contribution is 0.295. The molecule has 0 fully saturated rings. The molecule has 4 aliphatic carbocycles. The minimum Gasteiger partial charge on any atom is -0.394 e. The molecule has 1 N–H and O–H groups in total. The second-order valence-corrected chi connectivity index (χ2v) is 16.9. The molecule has 8 aromatic carbocycles. The minimum absolute atomic E-state index is 0.0630. The Hall–Kier alpha value is -6.71. The summed E-state index contributed by atoms with van der Waals surface area (Å²) < 4.78 is 27.6. The third kappa shape index (κ3) is 4.34. The lowest BCUT2D eigenvalue weighted by atomic mass is 9.66. The van der Waals surface area contributed by atoms with E-state index in [2.05, 4.69) is 140 Å². The zero-order chi connectivity index (χ0) is 37.6. The fraction of sp³-hybridized carbons (Fsp3) is 0.0385. The average Bonchev–Trinajstić information content (AvgIpc) is 3.37. The summed E-state index contributed by atoms with van der Waals surface area (Å²) in [6.07, 6.45) is 18.5. The number of allylic oxidation sites excluding steroid dienone is 14. The molecule has 0 aromatic heterocycles. The predicted molar refractivity (Wildman–Crippen MR) is 233 cm³/mol. The van der Waals surface area contributed by atoms with Gasteiger partial charge < -0.3 is 9.05 Å². The highest BCUT2D eigenvalue weighted by molar-refractivity contribution is 7.48. The first kappa shape index (κ1) is 31.5. The summed E-state index contributed by atoms with van der Waals surface area (Å²) in [5.74, 6) is 0.750. The number of benzene rings is 8. The van der Waals surface area contributed by atoms with Crippen molar-refractivity contribution in [2.75, 3.05) is 0 Å². The first-order valence-corrected chi connectivity index (χ1v) is 20.9. The van der Waals surface area contributed by atoms with Crippen LogP contribution in [0.4, 0.5) is 0 Å². The van der Waals surface area contributed by atoms with Crippen LogP contribution in [0, 0.1) is 5.92 Å². The van der Waals surface area contributed by atoms with Crippen LogP contribution in [0.3, 0.4) is 0 Å². The van der Waals surface area contributed by atoms with Gasteiger partial charge >= 0.3 is 7.82 Å². The van der Waals surface area contributed by atoms with Crippen LogP contribution in [0.2, 0.25) is 0 Å². The molecule has 57 heavy (non-hydrogen) atoms. The number of rotatable bonds is 2. The van der Waals surface area contributed by atoms with E-state index in [9.17, 15) is 9.46 Å². The van der Waals surface area contributed by atoms with Gasteiger partial charge in [-0.1, -0.05) is 146 Å². The molecule has 0 saturated carbocycles. The molecular formula is C52H31O4P. The highest BCUT2D eigenvalue weighted by Crippen LogP contribution is 2.62. The molecule has 268 valence electrons. The number of phosphoric ester groups is 1. The fourth-order valence-electron chi connectivity index (χ4n) is 10.3. The second-order valence-electron chi connectivity index (χ2n) is 15.6. The van der Waals surface area contributed by atoms with Gasteiger partial charge in [-0.25, -0.2) is 4.57 Å². The van der Waals surface area contributed by atoms with E-state index in [4.69, 9.17) is 9.05 Å². The number of hydrogen-bond acceptors (Lipinski definition) is 3. The Bertz CT molecular complexity index is 3480. The van der Waals surface area contributed by atoms with E-state index in [1.165, 1.54) is 33.1 Å². The summed E-state index contributed by atoms with van der Waals surface area (Å²) in [7, 11) is -4.78. The third-order valence-corrected chi connectivity index (χ3v) is 13.5. The monoisotopic (exact) mass is 750 g/mol. The number of hydrogen-bond donors (Lipinski definition) is 1. The van der Waals surface area contributed by atoms with Crippen LogP contribution >= 0.6 is 7.82 Å². The molecule has 8 aromatic rings. The second kappa shape index (κ2) is 11.2. The van der Waals surface area contributed by atoms with Crippen LogP contribution in [0.1, 0.15) is 12.0 Å². The molecule has 5 heteroatoms. The van der Waals surface area contributed by atoms with E-state index in [0.717, 1.165) is 88.5 Å². The Morgan fingerprint density at radius 3 is 2.02 bits per heavy atom. The zero-order valence-electron chi connectivity index (χ0n) is 30.5. The van der Waals surface area contributed by atoms with Gasteiger partial charge in [0.05, 0.1) is 0 Å². The van der Waals surface area contributed by atoms with Crippen molar-refractivity contribution in [3.05, 3.63) is 197 Å². The molecule has 0 amide bonds. The molecule has 2 atom stereocenters. The Labute approximate surface area is 327 Å².